The van der Waals surface area contributed by atoms with Crippen LogP contribution in [0.15, 0.2) is 12.1 Å². The maximum atomic E-state index is 14.7. The Morgan fingerprint density at radius 2 is 1.79 bits per heavy atom. The number of anilines is 2. The summed E-state index contributed by atoms with van der Waals surface area (Å²) in [6.07, 6.45) is -1.47. The average molecular weight is 410 g/mol. The first kappa shape index (κ1) is 19.9. The molecule has 7 nitrogen and oxygen atoms in total. The third-order valence-corrected chi connectivity index (χ3v) is 5.58. The second kappa shape index (κ2) is 6.83. The molecule has 1 aliphatic carbocycles. The molecule has 0 spiro atoms. The monoisotopic (exact) mass is 410 g/mol. The number of piperidine rings is 1. The van der Waals surface area contributed by atoms with Crippen LogP contribution in [-0.4, -0.2) is 55.1 Å². The molecule has 1 saturated carbocycles. The molecule has 29 heavy (non-hydrogen) atoms. The number of rotatable bonds is 4. The fourth-order valence-electron chi connectivity index (χ4n) is 4.27. The van der Waals surface area contributed by atoms with Crippen LogP contribution in [0.4, 0.5) is 25.0 Å². The average Bonchev–Trinajstić information content (AvgIpc) is 2.94. The number of benzene rings is 1. The number of hydrogen-bond donors (Lipinski definition) is 1. The lowest BCUT2D eigenvalue weighted by molar-refractivity contribution is -0.157. The second-order valence-electron chi connectivity index (χ2n) is 8.85. The van der Waals surface area contributed by atoms with E-state index in [1.165, 1.54) is 0 Å². The highest BCUT2D eigenvalue weighted by atomic mass is 19.1. The van der Waals surface area contributed by atoms with E-state index in [0.29, 0.717) is 13.1 Å². The van der Waals surface area contributed by atoms with Crippen LogP contribution < -0.4 is 9.80 Å². The highest BCUT2D eigenvalue weighted by Gasteiger charge is 2.61. The molecular formula is C20H24F2N2O5. The molecule has 0 radical (unpaired) electrons. The summed E-state index contributed by atoms with van der Waals surface area (Å²) in [6, 6.07) is 2.18. The van der Waals surface area contributed by atoms with Crippen molar-refractivity contribution in [1.82, 2.24) is 0 Å². The molecule has 1 aromatic rings. The number of carbonyl (C=O) groups is 2. The number of halogens is 2. The van der Waals surface area contributed by atoms with Crippen molar-refractivity contribution in [2.75, 3.05) is 36.0 Å². The summed E-state index contributed by atoms with van der Waals surface area (Å²) in [5, 5.41) is 9.11. The van der Waals surface area contributed by atoms with Crippen molar-refractivity contribution < 1.29 is 33.0 Å². The van der Waals surface area contributed by atoms with Gasteiger partial charge in [-0.25, -0.2) is 13.6 Å². The summed E-state index contributed by atoms with van der Waals surface area (Å²) in [6.45, 7) is 5.83. The number of cyclic esters (lactones) is 1. The van der Waals surface area contributed by atoms with Gasteiger partial charge in [-0.05, 0) is 32.6 Å². The van der Waals surface area contributed by atoms with Gasteiger partial charge in [0.2, 0.25) is 0 Å². The van der Waals surface area contributed by atoms with E-state index in [-0.39, 0.29) is 48.2 Å². The lowest BCUT2D eigenvalue weighted by Gasteiger charge is -2.25. The lowest BCUT2D eigenvalue weighted by Crippen LogP contribution is -2.31. The topological polar surface area (TPSA) is 79.3 Å². The molecule has 0 bridgehead atoms. The van der Waals surface area contributed by atoms with Crippen molar-refractivity contribution in [2.45, 2.75) is 32.5 Å². The molecule has 2 saturated heterocycles. The van der Waals surface area contributed by atoms with E-state index in [9.17, 15) is 18.4 Å². The van der Waals surface area contributed by atoms with Crippen LogP contribution in [0.5, 0.6) is 0 Å². The van der Waals surface area contributed by atoms with Gasteiger partial charge in [0.1, 0.15) is 17.4 Å². The smallest absolute Gasteiger partial charge is 0.414 e. The largest absolute Gasteiger partial charge is 0.460 e. The summed E-state index contributed by atoms with van der Waals surface area (Å²) >= 11 is 0. The Kier molecular flexibility index (Phi) is 4.68. The van der Waals surface area contributed by atoms with Crippen LogP contribution in [0, 0.1) is 29.4 Å². The molecule has 9 heteroatoms. The molecule has 3 aliphatic rings. The van der Waals surface area contributed by atoms with Gasteiger partial charge < -0.3 is 19.5 Å². The highest BCUT2D eigenvalue weighted by Crippen LogP contribution is 2.54. The number of aliphatic hydroxyl groups excluding tert-OH is 1. The quantitative estimate of drug-likeness (QED) is 0.768. The zero-order valence-electron chi connectivity index (χ0n) is 16.5. The number of esters is 1. The van der Waals surface area contributed by atoms with Gasteiger partial charge in [0, 0.05) is 25.2 Å². The SMILES string of the molecule is CC(C)(C)OC(=O)C1C2CN(c3c(F)cc(N4C[C@@H](CO)OC4=O)cc3F)CC21. The first-order valence-electron chi connectivity index (χ1n) is 9.65. The number of fused-ring (bicyclic) bond motifs is 1. The molecule has 0 aromatic heterocycles. The normalized spacial score (nSPS) is 28.4. The zero-order valence-corrected chi connectivity index (χ0v) is 16.5. The minimum absolute atomic E-state index is 0.0268. The predicted molar refractivity (Wildman–Crippen MR) is 99.6 cm³/mol. The Labute approximate surface area is 167 Å². The van der Waals surface area contributed by atoms with Crippen LogP contribution in [0.3, 0.4) is 0 Å². The fourth-order valence-corrected chi connectivity index (χ4v) is 4.27. The number of nitrogens with zero attached hydrogens (tertiary/aromatic N) is 2. The highest BCUT2D eigenvalue weighted by molar-refractivity contribution is 5.90. The maximum Gasteiger partial charge on any atom is 0.414 e. The van der Waals surface area contributed by atoms with Crippen molar-refractivity contribution >= 4 is 23.4 Å². The minimum Gasteiger partial charge on any atom is -0.460 e. The zero-order chi connectivity index (χ0) is 21.1. The van der Waals surface area contributed by atoms with Crippen molar-refractivity contribution in [3.8, 4) is 0 Å². The van der Waals surface area contributed by atoms with E-state index in [1.807, 2.05) is 0 Å². The Morgan fingerprint density at radius 3 is 2.28 bits per heavy atom. The maximum absolute atomic E-state index is 14.7. The summed E-state index contributed by atoms with van der Waals surface area (Å²) in [4.78, 5) is 26.8. The van der Waals surface area contributed by atoms with E-state index in [4.69, 9.17) is 14.6 Å². The molecule has 2 aliphatic heterocycles. The van der Waals surface area contributed by atoms with E-state index in [1.54, 1.807) is 25.7 Å². The molecule has 1 amide bonds. The molecule has 3 fully saturated rings. The van der Waals surface area contributed by atoms with Crippen LogP contribution in [0.25, 0.3) is 0 Å². The fraction of sp³-hybridized carbons (Fsp3) is 0.600. The van der Waals surface area contributed by atoms with Gasteiger partial charge in [-0.2, -0.15) is 0 Å². The summed E-state index contributed by atoms with van der Waals surface area (Å²) in [7, 11) is 0. The van der Waals surface area contributed by atoms with Crippen molar-refractivity contribution in [3.05, 3.63) is 23.8 Å². The second-order valence-corrected chi connectivity index (χ2v) is 8.85. The predicted octanol–water partition coefficient (Wildman–Crippen LogP) is 2.31. The summed E-state index contributed by atoms with van der Waals surface area (Å²) < 4.78 is 39.8. The lowest BCUT2D eigenvalue weighted by atomic mass is 10.1. The molecule has 2 unspecified atom stereocenters. The Hall–Kier alpha value is -2.42. The van der Waals surface area contributed by atoms with E-state index in [0.717, 1.165) is 17.0 Å². The van der Waals surface area contributed by atoms with Crippen LogP contribution >= 0.6 is 0 Å². The molecular weight excluding hydrogens is 386 g/mol. The van der Waals surface area contributed by atoms with Gasteiger partial charge in [0.25, 0.3) is 0 Å². The molecule has 3 atom stereocenters. The number of aliphatic hydroxyl groups is 1. The van der Waals surface area contributed by atoms with Gasteiger partial charge in [0.05, 0.1) is 24.8 Å². The minimum atomic E-state index is -0.782. The van der Waals surface area contributed by atoms with Crippen molar-refractivity contribution in [3.63, 3.8) is 0 Å². The molecule has 1 N–H and O–H groups in total. The Morgan fingerprint density at radius 1 is 1.21 bits per heavy atom. The Bertz CT molecular complexity index is 821. The van der Waals surface area contributed by atoms with E-state index in [2.05, 4.69) is 0 Å². The van der Waals surface area contributed by atoms with Gasteiger partial charge in [0.15, 0.2) is 11.6 Å². The molecule has 1 aromatic carbocycles. The van der Waals surface area contributed by atoms with E-state index >= 15 is 0 Å². The number of carbonyl (C=O) groups excluding carboxylic acids is 2. The summed E-state index contributed by atoms with van der Waals surface area (Å²) in [5.41, 5.74) is -0.677. The van der Waals surface area contributed by atoms with Gasteiger partial charge in [-0.1, -0.05) is 0 Å². The number of hydrogen-bond acceptors (Lipinski definition) is 6. The van der Waals surface area contributed by atoms with E-state index < -0.39 is 29.4 Å². The van der Waals surface area contributed by atoms with Crippen molar-refractivity contribution in [1.29, 1.82) is 0 Å². The van der Waals surface area contributed by atoms with Crippen LogP contribution in [-0.2, 0) is 14.3 Å². The number of ether oxygens (including phenoxy) is 2. The number of amides is 1. The van der Waals surface area contributed by atoms with Gasteiger partial charge in [-0.3, -0.25) is 9.69 Å². The van der Waals surface area contributed by atoms with Gasteiger partial charge in [-0.15, -0.1) is 0 Å². The van der Waals surface area contributed by atoms with Crippen LogP contribution in [0.2, 0.25) is 0 Å². The standard InChI is InChI=1S/C20H24F2N2O5/c1-20(2,3)29-18(26)16-12-7-23(8-13(12)16)17-14(21)4-10(5-15(17)22)24-6-11(9-25)28-19(24)27/h4-5,11-13,16,25H,6-9H2,1-3H3/t11-,12?,13?,16?/m0/s1. The van der Waals surface area contributed by atoms with Crippen LogP contribution in [0.1, 0.15) is 20.8 Å². The first-order chi connectivity index (χ1) is 13.6. The molecule has 2 heterocycles. The van der Waals surface area contributed by atoms with Crippen molar-refractivity contribution in [2.24, 2.45) is 17.8 Å². The summed E-state index contributed by atoms with van der Waals surface area (Å²) in [5.74, 6) is -1.98. The third-order valence-electron chi connectivity index (χ3n) is 5.58. The Balaban J connectivity index is 1.45. The first-order valence-corrected chi connectivity index (χ1v) is 9.65. The molecule has 4 rings (SSSR count). The molecule has 158 valence electrons. The van der Waals surface area contributed by atoms with Gasteiger partial charge >= 0.3 is 12.1 Å². The third kappa shape index (κ3) is 3.63.